The maximum Gasteiger partial charge on any atom is 0.118 e. The van der Waals surface area contributed by atoms with E-state index in [-0.39, 0.29) is 10.9 Å². The molecule has 0 bridgehead atoms. The molecule has 0 spiro atoms. The van der Waals surface area contributed by atoms with Crippen LogP contribution in [0.1, 0.15) is 26.7 Å². The summed E-state index contributed by atoms with van der Waals surface area (Å²) in [4.78, 5) is 0. The van der Waals surface area contributed by atoms with Crippen molar-refractivity contribution in [1.82, 2.24) is 0 Å². The molecule has 0 aromatic heterocycles. The molecule has 0 heterocycles. The van der Waals surface area contributed by atoms with Crippen molar-refractivity contribution in [3.8, 4) is 0 Å². The van der Waals surface area contributed by atoms with E-state index >= 15 is 0 Å². The van der Waals surface area contributed by atoms with Gasteiger partial charge in [0.25, 0.3) is 0 Å². The molecule has 10 heavy (non-hydrogen) atoms. The molecule has 0 nitrogen and oxygen atoms in total. The average molecular weight is 163 g/mol. The number of allylic oxidation sites excluding steroid dienone is 4. The average Bonchev–Trinajstić information content (AvgIpc) is 1.98. The highest BCUT2D eigenvalue weighted by molar-refractivity contribution is 6.31. The number of hydrogen-bond acceptors (Lipinski definition) is 0. The molecule has 0 aromatic carbocycles. The van der Waals surface area contributed by atoms with Gasteiger partial charge in [0.15, 0.2) is 0 Å². The number of halogens is 2. The van der Waals surface area contributed by atoms with Gasteiger partial charge in [-0.2, -0.15) is 0 Å². The molecule has 0 unspecified atom stereocenters. The van der Waals surface area contributed by atoms with Crippen LogP contribution in [0, 0.1) is 0 Å². The molecule has 0 atom stereocenters. The Morgan fingerprint density at radius 1 is 1.50 bits per heavy atom. The molecule has 0 N–H and O–H groups in total. The van der Waals surface area contributed by atoms with Crippen molar-refractivity contribution < 1.29 is 4.39 Å². The van der Waals surface area contributed by atoms with Crippen molar-refractivity contribution in [3.63, 3.8) is 0 Å². The first-order chi connectivity index (χ1) is 4.72. The van der Waals surface area contributed by atoms with E-state index in [1.54, 1.807) is 13.0 Å². The number of rotatable bonds is 3. The molecule has 0 aliphatic heterocycles. The summed E-state index contributed by atoms with van der Waals surface area (Å²) < 4.78 is 12.5. The second kappa shape index (κ2) is 5.48. The fraction of sp³-hybridized carbons (Fsp3) is 0.500. The summed E-state index contributed by atoms with van der Waals surface area (Å²) in [7, 11) is 0. The monoisotopic (exact) mass is 162 g/mol. The molecular formula is C8H12ClF. The van der Waals surface area contributed by atoms with Crippen molar-refractivity contribution in [2.45, 2.75) is 26.7 Å². The Morgan fingerprint density at radius 3 is 2.50 bits per heavy atom. The van der Waals surface area contributed by atoms with Crippen LogP contribution in [-0.2, 0) is 0 Å². The second-order valence-corrected chi connectivity index (χ2v) is 2.32. The SMILES string of the molecule is CC/C=C\C(Cl)=C(\F)CC. The van der Waals surface area contributed by atoms with Gasteiger partial charge in [-0.05, 0) is 18.9 Å². The van der Waals surface area contributed by atoms with Crippen molar-refractivity contribution in [2.75, 3.05) is 0 Å². The highest BCUT2D eigenvalue weighted by atomic mass is 35.5. The molecular weight excluding hydrogens is 151 g/mol. The highest BCUT2D eigenvalue weighted by Gasteiger charge is 1.94. The summed E-state index contributed by atoms with van der Waals surface area (Å²) in [5, 5.41) is 0.226. The van der Waals surface area contributed by atoms with E-state index in [1.165, 1.54) is 0 Å². The molecule has 2 heteroatoms. The Labute approximate surface area is 66.4 Å². The molecule has 0 rings (SSSR count). The lowest BCUT2D eigenvalue weighted by Crippen LogP contribution is -1.72. The van der Waals surface area contributed by atoms with E-state index in [2.05, 4.69) is 0 Å². The van der Waals surface area contributed by atoms with Crippen LogP contribution in [-0.4, -0.2) is 0 Å². The minimum atomic E-state index is -0.244. The first-order valence-corrected chi connectivity index (χ1v) is 3.80. The van der Waals surface area contributed by atoms with E-state index in [1.807, 2.05) is 13.0 Å². The molecule has 0 aliphatic carbocycles. The van der Waals surface area contributed by atoms with Crippen molar-refractivity contribution >= 4 is 11.6 Å². The molecule has 0 aliphatic rings. The summed E-state index contributed by atoms with van der Waals surface area (Å²) in [6, 6.07) is 0. The summed E-state index contributed by atoms with van der Waals surface area (Å²) >= 11 is 5.53. The Hall–Kier alpha value is -0.300. The lowest BCUT2D eigenvalue weighted by atomic mass is 10.3. The smallest absolute Gasteiger partial charge is 0.118 e. The molecule has 0 aromatic rings. The summed E-state index contributed by atoms with van der Waals surface area (Å²) in [5.74, 6) is -0.244. The van der Waals surface area contributed by atoms with Gasteiger partial charge in [-0.3, -0.25) is 0 Å². The van der Waals surface area contributed by atoms with Crippen LogP contribution in [0.4, 0.5) is 4.39 Å². The van der Waals surface area contributed by atoms with Gasteiger partial charge < -0.3 is 0 Å². The third kappa shape index (κ3) is 3.67. The summed E-state index contributed by atoms with van der Waals surface area (Å²) in [5.41, 5.74) is 0. The second-order valence-electron chi connectivity index (χ2n) is 1.92. The van der Waals surface area contributed by atoms with E-state index in [0.29, 0.717) is 6.42 Å². The first-order valence-electron chi connectivity index (χ1n) is 3.43. The van der Waals surface area contributed by atoms with Gasteiger partial charge in [-0.15, -0.1) is 0 Å². The van der Waals surface area contributed by atoms with Gasteiger partial charge in [0, 0.05) is 0 Å². The van der Waals surface area contributed by atoms with Gasteiger partial charge in [0.1, 0.15) is 5.83 Å². The van der Waals surface area contributed by atoms with E-state index in [4.69, 9.17) is 11.6 Å². The highest BCUT2D eigenvalue weighted by Crippen LogP contribution is 2.15. The lowest BCUT2D eigenvalue weighted by Gasteiger charge is -1.91. The fourth-order valence-corrected chi connectivity index (χ4v) is 0.703. The van der Waals surface area contributed by atoms with Crippen LogP contribution in [0.5, 0.6) is 0 Å². The molecule has 0 amide bonds. The third-order valence-corrected chi connectivity index (χ3v) is 1.40. The largest absolute Gasteiger partial charge is 0.210 e. The van der Waals surface area contributed by atoms with Crippen molar-refractivity contribution in [2.24, 2.45) is 0 Å². The summed E-state index contributed by atoms with van der Waals surface area (Å²) in [6.45, 7) is 3.71. The fourth-order valence-electron chi connectivity index (χ4n) is 0.481. The minimum Gasteiger partial charge on any atom is -0.210 e. The van der Waals surface area contributed by atoms with Gasteiger partial charge in [-0.25, -0.2) is 4.39 Å². The first kappa shape index (κ1) is 9.70. The van der Waals surface area contributed by atoms with Crippen LogP contribution in [0.25, 0.3) is 0 Å². The van der Waals surface area contributed by atoms with Gasteiger partial charge in [-0.1, -0.05) is 31.5 Å². The Morgan fingerprint density at radius 2 is 2.10 bits per heavy atom. The minimum absolute atomic E-state index is 0.226. The lowest BCUT2D eigenvalue weighted by molar-refractivity contribution is 0.602. The zero-order chi connectivity index (χ0) is 7.98. The topological polar surface area (TPSA) is 0 Å². The zero-order valence-corrected chi connectivity index (χ0v) is 7.08. The predicted molar refractivity (Wildman–Crippen MR) is 43.7 cm³/mol. The molecule has 0 saturated heterocycles. The molecule has 0 fully saturated rings. The van der Waals surface area contributed by atoms with Crippen LogP contribution in [0.15, 0.2) is 23.0 Å². The zero-order valence-electron chi connectivity index (χ0n) is 6.32. The summed E-state index contributed by atoms with van der Waals surface area (Å²) in [6.07, 6.45) is 4.68. The van der Waals surface area contributed by atoms with Crippen molar-refractivity contribution in [3.05, 3.63) is 23.0 Å². The van der Waals surface area contributed by atoms with Crippen LogP contribution in [0.2, 0.25) is 0 Å². The Balaban J connectivity index is 4.04. The maximum atomic E-state index is 12.5. The third-order valence-electron chi connectivity index (χ3n) is 1.07. The van der Waals surface area contributed by atoms with E-state index in [9.17, 15) is 4.39 Å². The normalized spacial score (nSPS) is 14.0. The number of hydrogen-bond donors (Lipinski definition) is 0. The Bertz CT molecular complexity index is 147. The molecule has 58 valence electrons. The van der Waals surface area contributed by atoms with Crippen molar-refractivity contribution in [1.29, 1.82) is 0 Å². The van der Waals surface area contributed by atoms with Gasteiger partial charge >= 0.3 is 0 Å². The van der Waals surface area contributed by atoms with Crippen LogP contribution >= 0.6 is 11.6 Å². The predicted octanol–water partition coefficient (Wildman–Crippen LogP) is 3.78. The van der Waals surface area contributed by atoms with E-state index in [0.717, 1.165) is 6.42 Å². The van der Waals surface area contributed by atoms with Gasteiger partial charge in [0.2, 0.25) is 0 Å². The standard InChI is InChI=1S/C8H12ClF/c1-3-5-6-7(9)8(10)4-2/h5-6H,3-4H2,1-2H3/b6-5-,8-7-. The maximum absolute atomic E-state index is 12.5. The van der Waals surface area contributed by atoms with Gasteiger partial charge in [0.05, 0.1) is 5.03 Å². The van der Waals surface area contributed by atoms with Crippen LogP contribution < -0.4 is 0 Å². The quantitative estimate of drug-likeness (QED) is 0.554. The molecule has 0 saturated carbocycles. The Kier molecular flexibility index (Phi) is 5.32. The van der Waals surface area contributed by atoms with Crippen LogP contribution in [0.3, 0.4) is 0 Å². The molecule has 0 radical (unpaired) electrons. The van der Waals surface area contributed by atoms with E-state index < -0.39 is 0 Å².